The summed E-state index contributed by atoms with van der Waals surface area (Å²) < 4.78 is 12.1. The number of hydrogen-bond donors (Lipinski definition) is 1. The highest BCUT2D eigenvalue weighted by molar-refractivity contribution is 9.10. The van der Waals surface area contributed by atoms with Crippen LogP contribution in [0.1, 0.15) is 13.3 Å². The van der Waals surface area contributed by atoms with Crippen molar-refractivity contribution in [3.63, 3.8) is 0 Å². The van der Waals surface area contributed by atoms with Gasteiger partial charge in [0.15, 0.2) is 17.3 Å². The molecule has 1 aromatic heterocycles. The van der Waals surface area contributed by atoms with Gasteiger partial charge in [-0.3, -0.25) is 4.98 Å². The van der Waals surface area contributed by atoms with Crippen molar-refractivity contribution in [2.45, 2.75) is 13.3 Å². The summed E-state index contributed by atoms with van der Waals surface area (Å²) in [6.45, 7) is 4.10. The van der Waals surface area contributed by atoms with Crippen LogP contribution in [0.2, 0.25) is 0 Å². The van der Waals surface area contributed by atoms with Crippen molar-refractivity contribution in [3.05, 3.63) is 29.0 Å². The minimum atomic E-state index is 0.560. The van der Waals surface area contributed by atoms with Crippen molar-refractivity contribution in [2.24, 2.45) is 0 Å². The van der Waals surface area contributed by atoms with E-state index in [1.807, 2.05) is 12.1 Å². The first-order valence-corrected chi connectivity index (χ1v) is 7.73. The Morgan fingerprint density at radius 2 is 2.00 bits per heavy atom. The number of benzene rings is 1. The largest absolute Gasteiger partial charge is 0.486 e. The van der Waals surface area contributed by atoms with Crippen LogP contribution in [0.5, 0.6) is 11.5 Å². The molecule has 0 spiro atoms. The van der Waals surface area contributed by atoms with E-state index in [1.165, 1.54) is 0 Å². The summed E-state index contributed by atoms with van der Waals surface area (Å²) in [5.74, 6) is 2.26. The third-order valence-corrected chi connectivity index (χ3v) is 3.70. The van der Waals surface area contributed by atoms with Gasteiger partial charge in [0.2, 0.25) is 0 Å². The lowest BCUT2D eigenvalue weighted by molar-refractivity contribution is 0.170. The molecule has 0 saturated carbocycles. The number of ether oxygens (including phenoxy) is 2. The predicted octanol–water partition coefficient (Wildman–Crippen LogP) is 3.50. The van der Waals surface area contributed by atoms with Gasteiger partial charge in [-0.05, 0) is 34.5 Å². The summed E-state index contributed by atoms with van der Waals surface area (Å²) in [5, 5.41) is 3.30. The van der Waals surface area contributed by atoms with E-state index in [4.69, 9.17) is 9.47 Å². The number of rotatable bonds is 4. The highest BCUT2D eigenvalue weighted by atomic mass is 79.9. The minimum Gasteiger partial charge on any atom is -0.486 e. The monoisotopic (exact) mass is 349 g/mol. The van der Waals surface area contributed by atoms with Crippen molar-refractivity contribution in [1.82, 2.24) is 9.97 Å². The van der Waals surface area contributed by atoms with Crippen molar-refractivity contribution in [1.29, 1.82) is 0 Å². The zero-order valence-corrected chi connectivity index (χ0v) is 13.3. The van der Waals surface area contributed by atoms with Gasteiger partial charge in [0.05, 0.1) is 4.47 Å². The van der Waals surface area contributed by atoms with Gasteiger partial charge < -0.3 is 14.8 Å². The summed E-state index contributed by atoms with van der Waals surface area (Å²) >= 11 is 3.53. The molecule has 1 aliphatic rings. The third kappa shape index (κ3) is 2.95. The van der Waals surface area contributed by atoms with E-state index in [0.717, 1.165) is 46.0 Å². The fraction of sp³-hybridized carbons (Fsp3) is 0.333. The maximum Gasteiger partial charge on any atom is 0.175 e. The topological polar surface area (TPSA) is 56.3 Å². The fourth-order valence-corrected chi connectivity index (χ4v) is 2.73. The maximum atomic E-state index is 5.66. The molecule has 2 heterocycles. The summed E-state index contributed by atoms with van der Waals surface area (Å²) in [5.41, 5.74) is 1.75. The number of aromatic nitrogens is 2. The first-order chi connectivity index (χ1) is 10.3. The lowest BCUT2D eigenvalue weighted by Gasteiger charge is -2.20. The molecule has 1 aromatic carbocycles. The van der Waals surface area contributed by atoms with Gasteiger partial charge in [-0.1, -0.05) is 6.92 Å². The third-order valence-electron chi connectivity index (χ3n) is 3.11. The van der Waals surface area contributed by atoms with Gasteiger partial charge in [0.1, 0.15) is 18.9 Å². The molecule has 0 radical (unpaired) electrons. The minimum absolute atomic E-state index is 0.560. The van der Waals surface area contributed by atoms with E-state index in [9.17, 15) is 0 Å². The lowest BCUT2D eigenvalue weighted by Crippen LogP contribution is -2.15. The number of anilines is 1. The van der Waals surface area contributed by atoms with E-state index < -0.39 is 0 Å². The zero-order valence-electron chi connectivity index (χ0n) is 11.7. The normalized spacial score (nSPS) is 13.0. The van der Waals surface area contributed by atoms with Gasteiger partial charge in [-0.2, -0.15) is 0 Å². The van der Waals surface area contributed by atoms with E-state index in [1.54, 1.807) is 12.4 Å². The van der Waals surface area contributed by atoms with E-state index in [-0.39, 0.29) is 0 Å². The van der Waals surface area contributed by atoms with Crippen LogP contribution in [0.15, 0.2) is 29.0 Å². The van der Waals surface area contributed by atoms with Gasteiger partial charge in [-0.15, -0.1) is 0 Å². The molecule has 0 bridgehead atoms. The Morgan fingerprint density at radius 3 is 2.86 bits per heavy atom. The zero-order chi connectivity index (χ0) is 14.7. The quantitative estimate of drug-likeness (QED) is 0.915. The number of halogens is 1. The molecule has 1 aliphatic heterocycles. The molecule has 0 saturated heterocycles. The molecule has 5 nitrogen and oxygen atoms in total. The first-order valence-electron chi connectivity index (χ1n) is 6.94. The van der Waals surface area contributed by atoms with E-state index in [0.29, 0.717) is 13.2 Å². The number of hydrogen-bond acceptors (Lipinski definition) is 5. The number of nitrogens with zero attached hydrogens (tertiary/aromatic N) is 2. The molecular weight excluding hydrogens is 334 g/mol. The molecule has 0 unspecified atom stereocenters. The van der Waals surface area contributed by atoms with Crippen molar-refractivity contribution < 1.29 is 9.47 Å². The molecule has 1 N–H and O–H groups in total. The summed E-state index contributed by atoms with van der Waals surface area (Å²) in [7, 11) is 0. The SMILES string of the molecule is CCCNc1nccnc1-c1cc(Br)c2c(c1)OCCO2. The maximum absolute atomic E-state index is 5.66. The second kappa shape index (κ2) is 6.30. The molecule has 0 atom stereocenters. The lowest BCUT2D eigenvalue weighted by atomic mass is 10.1. The van der Waals surface area contributed by atoms with Crippen LogP contribution in [0.3, 0.4) is 0 Å². The Bertz CT molecular complexity index is 649. The Balaban J connectivity index is 2.02. The van der Waals surface area contributed by atoms with Crippen LogP contribution in [0.25, 0.3) is 11.3 Å². The molecule has 0 aliphatic carbocycles. The molecule has 6 heteroatoms. The number of fused-ring (bicyclic) bond motifs is 1. The molecule has 2 aromatic rings. The highest BCUT2D eigenvalue weighted by Gasteiger charge is 2.18. The average Bonchev–Trinajstić information content (AvgIpc) is 2.53. The molecule has 21 heavy (non-hydrogen) atoms. The second-order valence-corrected chi connectivity index (χ2v) is 5.52. The van der Waals surface area contributed by atoms with Crippen LogP contribution >= 0.6 is 15.9 Å². The fourth-order valence-electron chi connectivity index (χ4n) is 2.17. The van der Waals surface area contributed by atoms with E-state index >= 15 is 0 Å². The molecule has 0 amide bonds. The van der Waals surface area contributed by atoms with Gasteiger partial charge in [-0.25, -0.2) is 4.98 Å². The summed E-state index contributed by atoms with van der Waals surface area (Å²) in [4.78, 5) is 8.82. The van der Waals surface area contributed by atoms with E-state index in [2.05, 4.69) is 38.1 Å². The van der Waals surface area contributed by atoms with Crippen LogP contribution in [-0.4, -0.2) is 29.7 Å². The predicted molar refractivity (Wildman–Crippen MR) is 84.9 cm³/mol. The van der Waals surface area contributed by atoms with Crippen LogP contribution < -0.4 is 14.8 Å². The van der Waals surface area contributed by atoms with Crippen LogP contribution in [0, 0.1) is 0 Å². The second-order valence-electron chi connectivity index (χ2n) is 4.66. The first kappa shape index (κ1) is 14.1. The van der Waals surface area contributed by atoms with Crippen molar-refractivity contribution >= 4 is 21.7 Å². The molecular formula is C15H16BrN3O2. The van der Waals surface area contributed by atoms with Crippen molar-refractivity contribution in [3.8, 4) is 22.8 Å². The molecule has 110 valence electrons. The molecule has 0 fully saturated rings. The Labute approximate surface area is 131 Å². The Hall–Kier alpha value is -1.82. The van der Waals surface area contributed by atoms with Gasteiger partial charge in [0.25, 0.3) is 0 Å². The summed E-state index contributed by atoms with van der Waals surface area (Å²) in [6, 6.07) is 3.93. The van der Waals surface area contributed by atoms with Crippen LogP contribution in [-0.2, 0) is 0 Å². The standard InChI is InChI=1S/C15H16BrN3O2/c1-2-3-18-15-13(17-4-5-19-15)10-8-11(16)14-12(9-10)20-6-7-21-14/h4-5,8-9H,2-3,6-7H2,1H3,(H,18,19). The summed E-state index contributed by atoms with van der Waals surface area (Å²) in [6.07, 6.45) is 4.41. The Morgan fingerprint density at radius 1 is 1.19 bits per heavy atom. The van der Waals surface area contributed by atoms with Crippen LogP contribution in [0.4, 0.5) is 5.82 Å². The van der Waals surface area contributed by atoms with Crippen molar-refractivity contribution in [2.75, 3.05) is 25.1 Å². The Kier molecular flexibility index (Phi) is 4.24. The molecule has 3 rings (SSSR count). The number of nitrogens with one attached hydrogen (secondary N) is 1. The average molecular weight is 350 g/mol. The highest BCUT2D eigenvalue weighted by Crippen LogP contribution is 2.41. The van der Waals surface area contributed by atoms with Gasteiger partial charge in [0, 0.05) is 24.5 Å². The smallest absolute Gasteiger partial charge is 0.175 e. The van der Waals surface area contributed by atoms with Gasteiger partial charge >= 0.3 is 0 Å².